The molecule has 1 saturated heterocycles. The summed E-state index contributed by atoms with van der Waals surface area (Å²) in [5.41, 5.74) is 6.58. The molecule has 0 unspecified atom stereocenters. The molecule has 0 aliphatic carbocycles. The molecule has 0 saturated carbocycles. The number of rotatable bonds is 4. The highest BCUT2D eigenvalue weighted by atomic mass is 35.5. The van der Waals surface area contributed by atoms with E-state index in [9.17, 15) is 14.4 Å². The van der Waals surface area contributed by atoms with E-state index in [-0.39, 0.29) is 34.0 Å². The van der Waals surface area contributed by atoms with Gasteiger partial charge in [0.15, 0.2) is 0 Å². The van der Waals surface area contributed by atoms with Crippen molar-refractivity contribution in [2.24, 2.45) is 5.73 Å². The van der Waals surface area contributed by atoms with E-state index >= 15 is 0 Å². The molecule has 4 rings (SSSR count). The van der Waals surface area contributed by atoms with Crippen LogP contribution >= 0.6 is 11.6 Å². The molecule has 0 radical (unpaired) electrons. The van der Waals surface area contributed by atoms with Crippen molar-refractivity contribution in [3.8, 4) is 5.69 Å². The van der Waals surface area contributed by atoms with Gasteiger partial charge in [-0.2, -0.15) is 0 Å². The zero-order chi connectivity index (χ0) is 19.8. The SMILES string of the molecule is NC(=O)c1c(CN2CCCC2=O)n(-c2ccccc2)c(=O)c2c(Cl)cccc12. The standard InChI is InChI=1S/C21H18ClN3O3/c22-15-9-4-8-14-18(15)21(28)25(13-6-2-1-3-7-13)16(19(14)20(23)27)12-24-11-5-10-17(24)26/h1-4,6-9H,5,10-12H2,(H2,23,27). The van der Waals surface area contributed by atoms with E-state index in [2.05, 4.69) is 0 Å². The van der Waals surface area contributed by atoms with Crippen molar-refractivity contribution in [3.05, 3.63) is 75.2 Å². The molecule has 1 aliphatic rings. The van der Waals surface area contributed by atoms with Gasteiger partial charge in [0.05, 0.1) is 28.2 Å². The molecular formula is C21H18ClN3O3. The highest BCUT2D eigenvalue weighted by molar-refractivity contribution is 6.36. The van der Waals surface area contributed by atoms with Crippen molar-refractivity contribution in [2.75, 3.05) is 6.54 Å². The molecule has 0 atom stereocenters. The Balaban J connectivity index is 2.11. The number of fused-ring (bicyclic) bond motifs is 1. The molecule has 2 N–H and O–H groups in total. The van der Waals surface area contributed by atoms with Gasteiger partial charge >= 0.3 is 0 Å². The maximum Gasteiger partial charge on any atom is 0.264 e. The van der Waals surface area contributed by atoms with E-state index in [1.807, 2.05) is 6.07 Å². The number of aromatic nitrogens is 1. The minimum absolute atomic E-state index is 0.00586. The summed E-state index contributed by atoms with van der Waals surface area (Å²) >= 11 is 6.31. The highest BCUT2D eigenvalue weighted by Crippen LogP contribution is 2.28. The van der Waals surface area contributed by atoms with Gasteiger partial charge in [-0.3, -0.25) is 19.0 Å². The van der Waals surface area contributed by atoms with E-state index in [0.29, 0.717) is 29.7 Å². The second-order valence-corrected chi connectivity index (χ2v) is 7.15. The smallest absolute Gasteiger partial charge is 0.264 e. The van der Waals surface area contributed by atoms with Crippen LogP contribution in [-0.4, -0.2) is 27.8 Å². The summed E-state index contributed by atoms with van der Waals surface area (Å²) in [6, 6.07) is 13.9. The van der Waals surface area contributed by atoms with E-state index in [4.69, 9.17) is 17.3 Å². The van der Waals surface area contributed by atoms with Gasteiger partial charge in [-0.1, -0.05) is 41.9 Å². The first kappa shape index (κ1) is 18.3. The second kappa shape index (κ2) is 7.13. The lowest BCUT2D eigenvalue weighted by molar-refractivity contribution is -0.128. The lowest BCUT2D eigenvalue weighted by atomic mass is 10.0. The number of hydrogen-bond donors (Lipinski definition) is 1. The summed E-state index contributed by atoms with van der Waals surface area (Å²) in [4.78, 5) is 39.7. The number of amides is 2. The molecule has 142 valence electrons. The molecule has 28 heavy (non-hydrogen) atoms. The zero-order valence-electron chi connectivity index (χ0n) is 15.0. The Morgan fingerprint density at radius 1 is 1.07 bits per heavy atom. The fourth-order valence-corrected chi connectivity index (χ4v) is 4.03. The van der Waals surface area contributed by atoms with Gasteiger partial charge in [0.1, 0.15) is 0 Å². The van der Waals surface area contributed by atoms with Gasteiger partial charge in [-0.25, -0.2) is 0 Å². The summed E-state index contributed by atoms with van der Waals surface area (Å²) in [5.74, 6) is -0.674. The molecule has 2 aromatic carbocycles. The molecule has 3 aromatic rings. The molecule has 6 nitrogen and oxygen atoms in total. The quantitative estimate of drug-likeness (QED) is 0.737. The maximum absolute atomic E-state index is 13.4. The monoisotopic (exact) mass is 395 g/mol. The number of hydrogen-bond acceptors (Lipinski definition) is 3. The normalized spacial score (nSPS) is 14.0. The number of carbonyl (C=O) groups excluding carboxylic acids is 2. The predicted molar refractivity (Wildman–Crippen MR) is 108 cm³/mol. The van der Waals surface area contributed by atoms with Crippen LogP contribution in [-0.2, 0) is 11.3 Å². The van der Waals surface area contributed by atoms with E-state index in [1.54, 1.807) is 47.4 Å². The molecule has 0 spiro atoms. The van der Waals surface area contributed by atoms with Crippen molar-refractivity contribution < 1.29 is 9.59 Å². The minimum Gasteiger partial charge on any atom is -0.366 e. The molecule has 2 amide bonds. The predicted octanol–water partition coefficient (Wildman–Crippen LogP) is 2.87. The summed E-state index contributed by atoms with van der Waals surface area (Å²) < 4.78 is 1.44. The Bertz CT molecular complexity index is 1160. The van der Waals surface area contributed by atoms with E-state index in [0.717, 1.165) is 6.42 Å². The molecule has 1 fully saturated rings. The van der Waals surface area contributed by atoms with Crippen molar-refractivity contribution >= 4 is 34.2 Å². The van der Waals surface area contributed by atoms with Crippen LogP contribution < -0.4 is 11.3 Å². The van der Waals surface area contributed by atoms with Crippen molar-refractivity contribution in [1.82, 2.24) is 9.47 Å². The van der Waals surface area contributed by atoms with Gasteiger partial charge in [0.2, 0.25) is 5.91 Å². The van der Waals surface area contributed by atoms with E-state index < -0.39 is 5.91 Å². The van der Waals surface area contributed by atoms with Crippen LogP contribution in [0.5, 0.6) is 0 Å². The third kappa shape index (κ3) is 2.96. The van der Waals surface area contributed by atoms with Crippen LogP contribution in [0, 0.1) is 0 Å². The van der Waals surface area contributed by atoms with Crippen LogP contribution in [0.1, 0.15) is 28.9 Å². The topological polar surface area (TPSA) is 85.4 Å². The summed E-state index contributed by atoms with van der Waals surface area (Å²) in [5, 5.41) is 0.885. The van der Waals surface area contributed by atoms with Crippen molar-refractivity contribution in [2.45, 2.75) is 19.4 Å². The average Bonchev–Trinajstić information content (AvgIpc) is 3.07. The van der Waals surface area contributed by atoms with Gasteiger partial charge in [0.25, 0.3) is 11.5 Å². The van der Waals surface area contributed by atoms with Gasteiger partial charge in [-0.05, 0) is 24.6 Å². The van der Waals surface area contributed by atoms with Crippen LogP contribution in [0.2, 0.25) is 5.02 Å². The number of para-hydroxylation sites is 1. The fourth-order valence-electron chi connectivity index (χ4n) is 3.78. The van der Waals surface area contributed by atoms with Crippen LogP contribution in [0.3, 0.4) is 0 Å². The zero-order valence-corrected chi connectivity index (χ0v) is 15.8. The number of pyridine rings is 1. The van der Waals surface area contributed by atoms with Gasteiger partial charge in [0, 0.05) is 24.0 Å². The number of halogens is 1. The van der Waals surface area contributed by atoms with Crippen molar-refractivity contribution in [1.29, 1.82) is 0 Å². The average molecular weight is 396 g/mol. The van der Waals surface area contributed by atoms with E-state index in [1.165, 1.54) is 4.57 Å². The summed E-state index contributed by atoms with van der Waals surface area (Å²) in [6.45, 7) is 0.706. The molecule has 7 heteroatoms. The number of nitrogens with zero attached hydrogens (tertiary/aromatic N) is 2. The highest BCUT2D eigenvalue weighted by Gasteiger charge is 2.27. The Morgan fingerprint density at radius 3 is 2.46 bits per heavy atom. The Morgan fingerprint density at radius 2 is 1.82 bits per heavy atom. The summed E-state index contributed by atoms with van der Waals surface area (Å²) in [6.07, 6.45) is 1.21. The first-order valence-electron chi connectivity index (χ1n) is 8.98. The van der Waals surface area contributed by atoms with Crippen LogP contribution in [0.25, 0.3) is 16.5 Å². The number of likely N-dealkylation sites (tertiary alicyclic amines) is 1. The molecule has 2 heterocycles. The Hall–Kier alpha value is -3.12. The molecular weight excluding hydrogens is 378 g/mol. The third-order valence-corrected chi connectivity index (χ3v) is 5.35. The largest absolute Gasteiger partial charge is 0.366 e. The third-order valence-electron chi connectivity index (χ3n) is 5.03. The van der Waals surface area contributed by atoms with Crippen LogP contribution in [0.15, 0.2) is 53.3 Å². The first-order valence-corrected chi connectivity index (χ1v) is 9.36. The molecule has 0 bridgehead atoms. The van der Waals surface area contributed by atoms with Crippen LogP contribution in [0.4, 0.5) is 0 Å². The Labute approximate surface area is 166 Å². The number of benzene rings is 2. The fraction of sp³-hybridized carbons (Fsp3) is 0.190. The first-order chi connectivity index (χ1) is 13.5. The number of nitrogens with two attached hydrogens (primary N) is 1. The number of primary amides is 1. The lowest BCUT2D eigenvalue weighted by Gasteiger charge is -2.23. The number of carbonyl (C=O) groups is 2. The molecule has 1 aromatic heterocycles. The second-order valence-electron chi connectivity index (χ2n) is 6.74. The molecule has 1 aliphatic heterocycles. The lowest BCUT2D eigenvalue weighted by Crippen LogP contribution is -2.33. The van der Waals surface area contributed by atoms with Gasteiger partial charge < -0.3 is 10.6 Å². The van der Waals surface area contributed by atoms with Crippen molar-refractivity contribution in [3.63, 3.8) is 0 Å². The maximum atomic E-state index is 13.4. The minimum atomic E-state index is -0.668. The summed E-state index contributed by atoms with van der Waals surface area (Å²) in [7, 11) is 0. The Kier molecular flexibility index (Phi) is 4.65. The van der Waals surface area contributed by atoms with Gasteiger partial charge in [-0.15, -0.1) is 0 Å².